The average molecular weight is 394 g/mol. The third kappa shape index (κ3) is 4.12. The van der Waals surface area contributed by atoms with Crippen LogP contribution in [0.4, 0.5) is 5.69 Å². The van der Waals surface area contributed by atoms with Crippen molar-refractivity contribution in [3.8, 4) is 0 Å². The van der Waals surface area contributed by atoms with E-state index in [1.54, 1.807) is 22.5 Å². The van der Waals surface area contributed by atoms with Crippen LogP contribution >= 0.6 is 0 Å². The molecule has 0 aromatic heterocycles. The SMILES string of the molecule is O=C(NC1CC1)c1cc(S(=O)(=O)N2CCCCC2)ccc1N1CCOCC1. The molecule has 0 bridgehead atoms. The molecule has 0 radical (unpaired) electrons. The Hall–Kier alpha value is -1.64. The van der Waals surface area contributed by atoms with Gasteiger partial charge in [-0.05, 0) is 43.9 Å². The highest BCUT2D eigenvalue weighted by Crippen LogP contribution is 2.29. The molecule has 2 saturated heterocycles. The first-order valence-corrected chi connectivity index (χ1v) is 11.3. The molecule has 1 aliphatic carbocycles. The first kappa shape index (κ1) is 18.7. The fraction of sp³-hybridized carbons (Fsp3) is 0.632. The minimum Gasteiger partial charge on any atom is -0.378 e. The number of hydrogen-bond acceptors (Lipinski definition) is 5. The van der Waals surface area contributed by atoms with Crippen molar-refractivity contribution < 1.29 is 17.9 Å². The second-order valence-corrected chi connectivity index (χ2v) is 9.43. The number of anilines is 1. The van der Waals surface area contributed by atoms with Gasteiger partial charge in [-0.25, -0.2) is 8.42 Å². The summed E-state index contributed by atoms with van der Waals surface area (Å²) in [6.45, 7) is 3.72. The van der Waals surface area contributed by atoms with Gasteiger partial charge in [0.05, 0.1) is 23.7 Å². The second kappa shape index (κ2) is 7.77. The van der Waals surface area contributed by atoms with E-state index in [0.717, 1.165) is 37.8 Å². The lowest BCUT2D eigenvalue weighted by Gasteiger charge is -2.31. The minimum absolute atomic E-state index is 0.185. The van der Waals surface area contributed by atoms with E-state index < -0.39 is 10.0 Å². The molecule has 1 N–H and O–H groups in total. The minimum atomic E-state index is -3.57. The van der Waals surface area contributed by atoms with Crippen molar-refractivity contribution in [3.05, 3.63) is 23.8 Å². The number of nitrogens with one attached hydrogen (secondary N) is 1. The van der Waals surface area contributed by atoms with Crippen LogP contribution in [0.25, 0.3) is 0 Å². The van der Waals surface area contributed by atoms with Gasteiger partial charge < -0.3 is 15.0 Å². The van der Waals surface area contributed by atoms with Gasteiger partial charge in [-0.3, -0.25) is 4.79 Å². The van der Waals surface area contributed by atoms with Crippen LogP contribution in [-0.2, 0) is 14.8 Å². The molecular weight excluding hydrogens is 366 g/mol. The van der Waals surface area contributed by atoms with E-state index in [4.69, 9.17) is 4.74 Å². The number of ether oxygens (including phenoxy) is 1. The van der Waals surface area contributed by atoms with E-state index in [2.05, 4.69) is 10.2 Å². The molecule has 4 rings (SSSR count). The summed E-state index contributed by atoms with van der Waals surface area (Å²) in [4.78, 5) is 15.1. The summed E-state index contributed by atoms with van der Waals surface area (Å²) in [5, 5.41) is 3.00. The van der Waals surface area contributed by atoms with Crippen LogP contribution in [0, 0.1) is 0 Å². The summed E-state index contributed by atoms with van der Waals surface area (Å²) < 4.78 is 33.0. The van der Waals surface area contributed by atoms with Gasteiger partial charge in [0.15, 0.2) is 0 Å². The Labute approximate surface area is 160 Å². The molecule has 0 atom stereocenters. The summed E-state index contributed by atoms with van der Waals surface area (Å²) in [7, 11) is -3.57. The molecule has 3 fully saturated rings. The van der Waals surface area contributed by atoms with Crippen molar-refractivity contribution in [3.63, 3.8) is 0 Å². The maximum atomic E-state index is 13.0. The molecular formula is C19H27N3O4S. The Balaban J connectivity index is 1.67. The zero-order chi connectivity index (χ0) is 18.9. The number of carbonyl (C=O) groups is 1. The Kier molecular flexibility index (Phi) is 5.39. The Bertz CT molecular complexity index is 795. The average Bonchev–Trinajstić information content (AvgIpc) is 3.53. The molecule has 1 aromatic rings. The van der Waals surface area contributed by atoms with E-state index in [0.29, 0.717) is 45.0 Å². The maximum absolute atomic E-state index is 13.0. The topological polar surface area (TPSA) is 79.0 Å². The van der Waals surface area contributed by atoms with E-state index in [1.807, 2.05) is 0 Å². The molecule has 1 saturated carbocycles. The maximum Gasteiger partial charge on any atom is 0.253 e. The lowest BCUT2D eigenvalue weighted by Crippen LogP contribution is -2.38. The third-order valence-corrected chi connectivity index (χ3v) is 7.32. The van der Waals surface area contributed by atoms with E-state index in [-0.39, 0.29) is 16.8 Å². The molecule has 0 spiro atoms. The number of carbonyl (C=O) groups excluding carboxylic acids is 1. The third-order valence-electron chi connectivity index (χ3n) is 5.43. The van der Waals surface area contributed by atoms with Gasteiger partial charge >= 0.3 is 0 Å². The molecule has 2 heterocycles. The van der Waals surface area contributed by atoms with Gasteiger partial charge in [0.1, 0.15) is 0 Å². The van der Waals surface area contributed by atoms with Crippen LogP contribution < -0.4 is 10.2 Å². The molecule has 0 unspecified atom stereocenters. The van der Waals surface area contributed by atoms with E-state index >= 15 is 0 Å². The van der Waals surface area contributed by atoms with Crippen molar-refractivity contribution in [1.29, 1.82) is 0 Å². The van der Waals surface area contributed by atoms with Crippen molar-refractivity contribution in [1.82, 2.24) is 9.62 Å². The number of hydrogen-bond donors (Lipinski definition) is 1. The molecule has 27 heavy (non-hydrogen) atoms. The molecule has 8 heteroatoms. The van der Waals surface area contributed by atoms with Crippen molar-refractivity contribution in [2.75, 3.05) is 44.3 Å². The van der Waals surface area contributed by atoms with Gasteiger partial charge in [-0.2, -0.15) is 4.31 Å². The summed E-state index contributed by atoms with van der Waals surface area (Å²) in [5.74, 6) is -0.185. The van der Waals surface area contributed by atoms with Crippen molar-refractivity contribution >= 4 is 21.6 Å². The fourth-order valence-electron chi connectivity index (χ4n) is 3.68. The molecule has 3 aliphatic rings. The zero-order valence-corrected chi connectivity index (χ0v) is 16.3. The quantitative estimate of drug-likeness (QED) is 0.822. The summed E-state index contributed by atoms with van der Waals surface area (Å²) in [6, 6.07) is 5.20. The van der Waals surface area contributed by atoms with Gasteiger partial charge in [-0.15, -0.1) is 0 Å². The first-order valence-electron chi connectivity index (χ1n) is 9.83. The number of benzene rings is 1. The molecule has 1 aromatic carbocycles. The predicted octanol–water partition coefficient (Wildman–Crippen LogP) is 1.59. The van der Waals surface area contributed by atoms with Gasteiger partial charge in [0.25, 0.3) is 5.91 Å². The summed E-state index contributed by atoms with van der Waals surface area (Å²) >= 11 is 0. The highest BCUT2D eigenvalue weighted by molar-refractivity contribution is 7.89. The highest BCUT2D eigenvalue weighted by Gasteiger charge is 2.30. The van der Waals surface area contributed by atoms with Gasteiger partial charge in [0, 0.05) is 37.9 Å². The second-order valence-electron chi connectivity index (χ2n) is 7.49. The fourth-order valence-corrected chi connectivity index (χ4v) is 5.23. The first-order chi connectivity index (χ1) is 13.1. The Morgan fingerprint density at radius 3 is 2.41 bits per heavy atom. The Morgan fingerprint density at radius 2 is 1.74 bits per heavy atom. The smallest absolute Gasteiger partial charge is 0.253 e. The predicted molar refractivity (Wildman–Crippen MR) is 103 cm³/mol. The molecule has 1 amide bonds. The molecule has 2 aliphatic heterocycles. The van der Waals surface area contributed by atoms with E-state index in [1.165, 1.54) is 0 Å². The zero-order valence-electron chi connectivity index (χ0n) is 15.5. The number of piperidine rings is 1. The van der Waals surface area contributed by atoms with Crippen molar-refractivity contribution in [2.45, 2.75) is 43.0 Å². The van der Waals surface area contributed by atoms with Crippen LogP contribution in [0.15, 0.2) is 23.1 Å². The highest BCUT2D eigenvalue weighted by atomic mass is 32.2. The van der Waals surface area contributed by atoms with Crippen molar-refractivity contribution in [2.24, 2.45) is 0 Å². The molecule has 148 valence electrons. The normalized spacial score (nSPS) is 21.9. The number of rotatable bonds is 5. The van der Waals surface area contributed by atoms with Crippen LogP contribution in [0.3, 0.4) is 0 Å². The number of amides is 1. The van der Waals surface area contributed by atoms with Crippen LogP contribution in [0.1, 0.15) is 42.5 Å². The lowest BCUT2D eigenvalue weighted by atomic mass is 10.1. The summed E-state index contributed by atoms with van der Waals surface area (Å²) in [6.07, 6.45) is 4.83. The lowest BCUT2D eigenvalue weighted by molar-refractivity contribution is 0.0949. The van der Waals surface area contributed by atoms with Crippen LogP contribution in [-0.4, -0.2) is 64.1 Å². The van der Waals surface area contributed by atoms with Gasteiger partial charge in [0.2, 0.25) is 10.0 Å². The van der Waals surface area contributed by atoms with Gasteiger partial charge in [-0.1, -0.05) is 6.42 Å². The number of morpholine rings is 1. The standard InChI is InChI=1S/C19H27N3O4S/c23-19(20-15-4-5-15)17-14-16(27(24,25)22-8-2-1-3-9-22)6-7-18(17)21-10-12-26-13-11-21/h6-7,14-15H,1-5,8-13H2,(H,20,23). The number of sulfonamides is 1. The largest absolute Gasteiger partial charge is 0.378 e. The van der Waals surface area contributed by atoms with Crippen LogP contribution in [0.5, 0.6) is 0 Å². The summed E-state index contributed by atoms with van der Waals surface area (Å²) in [5.41, 5.74) is 1.23. The monoisotopic (exact) mass is 393 g/mol. The number of nitrogens with zero attached hydrogens (tertiary/aromatic N) is 2. The van der Waals surface area contributed by atoms with E-state index in [9.17, 15) is 13.2 Å². The van der Waals surface area contributed by atoms with Crippen LogP contribution in [0.2, 0.25) is 0 Å². The molecule has 7 nitrogen and oxygen atoms in total. The Morgan fingerprint density at radius 1 is 1.04 bits per heavy atom.